The molecule has 86 valence electrons. The van der Waals surface area contributed by atoms with Crippen LogP contribution >= 0.6 is 0 Å². The Morgan fingerprint density at radius 3 is 3.00 bits per heavy atom. The first-order valence-corrected chi connectivity index (χ1v) is 5.47. The number of rotatable bonds is 2. The van der Waals surface area contributed by atoms with Gasteiger partial charge in [0.25, 0.3) is 0 Å². The molecule has 1 heterocycles. The van der Waals surface area contributed by atoms with Crippen molar-refractivity contribution in [1.29, 1.82) is 0 Å². The van der Waals surface area contributed by atoms with Crippen molar-refractivity contribution in [2.45, 2.75) is 25.8 Å². The van der Waals surface area contributed by atoms with Gasteiger partial charge in [0.05, 0.1) is 11.7 Å². The lowest BCUT2D eigenvalue weighted by Crippen LogP contribution is -2.35. The molecule has 3 nitrogen and oxygen atoms in total. The summed E-state index contributed by atoms with van der Waals surface area (Å²) in [7, 11) is 0. The Kier molecular flexibility index (Phi) is 3.19. The molecule has 0 bridgehead atoms. The number of hydrogen-bond acceptors (Lipinski definition) is 2. The zero-order valence-electron chi connectivity index (χ0n) is 9.22. The lowest BCUT2D eigenvalue weighted by molar-refractivity contribution is -0.117. The Bertz CT molecular complexity index is 400. The van der Waals surface area contributed by atoms with Crippen LogP contribution in [0.5, 0.6) is 0 Å². The van der Waals surface area contributed by atoms with Crippen molar-refractivity contribution in [1.82, 2.24) is 5.32 Å². The summed E-state index contributed by atoms with van der Waals surface area (Å²) in [5.41, 5.74) is 1.10. The molecule has 1 unspecified atom stereocenters. The molecule has 1 aliphatic rings. The Labute approximate surface area is 94.0 Å². The van der Waals surface area contributed by atoms with Gasteiger partial charge in [-0.2, -0.15) is 0 Å². The minimum atomic E-state index is -0.383. The maximum atomic E-state index is 13.5. The SMILES string of the molecule is Cc1ccc(NC(=O)C2CCCN2)c(F)c1. The average Bonchev–Trinajstić information content (AvgIpc) is 2.75. The summed E-state index contributed by atoms with van der Waals surface area (Å²) in [6.07, 6.45) is 1.81. The summed E-state index contributed by atoms with van der Waals surface area (Å²) in [5, 5.41) is 5.68. The predicted molar refractivity (Wildman–Crippen MR) is 60.8 cm³/mol. The van der Waals surface area contributed by atoms with E-state index in [-0.39, 0.29) is 23.5 Å². The van der Waals surface area contributed by atoms with Crippen LogP contribution in [0.25, 0.3) is 0 Å². The van der Waals surface area contributed by atoms with Gasteiger partial charge < -0.3 is 10.6 Å². The van der Waals surface area contributed by atoms with E-state index in [9.17, 15) is 9.18 Å². The van der Waals surface area contributed by atoms with Crippen molar-refractivity contribution < 1.29 is 9.18 Å². The van der Waals surface area contributed by atoms with Crippen molar-refractivity contribution in [3.05, 3.63) is 29.6 Å². The van der Waals surface area contributed by atoms with Crippen LogP contribution in [0.4, 0.5) is 10.1 Å². The highest BCUT2D eigenvalue weighted by molar-refractivity contribution is 5.95. The lowest BCUT2D eigenvalue weighted by atomic mass is 10.2. The molecule has 1 aliphatic heterocycles. The van der Waals surface area contributed by atoms with Crippen LogP contribution in [0.2, 0.25) is 0 Å². The van der Waals surface area contributed by atoms with Crippen LogP contribution in [0.15, 0.2) is 18.2 Å². The lowest BCUT2D eigenvalue weighted by Gasteiger charge is -2.11. The van der Waals surface area contributed by atoms with Crippen LogP contribution < -0.4 is 10.6 Å². The molecule has 0 saturated carbocycles. The summed E-state index contributed by atoms with van der Waals surface area (Å²) in [6, 6.07) is 4.61. The molecule has 0 aliphatic carbocycles. The summed E-state index contributed by atoms with van der Waals surface area (Å²) < 4.78 is 13.5. The molecule has 1 aromatic rings. The van der Waals surface area contributed by atoms with E-state index in [0.717, 1.165) is 24.9 Å². The van der Waals surface area contributed by atoms with Gasteiger partial charge in [-0.3, -0.25) is 4.79 Å². The highest BCUT2D eigenvalue weighted by atomic mass is 19.1. The number of nitrogens with one attached hydrogen (secondary N) is 2. The van der Waals surface area contributed by atoms with Gasteiger partial charge in [-0.05, 0) is 44.0 Å². The maximum Gasteiger partial charge on any atom is 0.241 e. The van der Waals surface area contributed by atoms with Gasteiger partial charge in [0.15, 0.2) is 0 Å². The molecular formula is C12H15FN2O. The highest BCUT2D eigenvalue weighted by Crippen LogP contribution is 2.16. The third-order valence-electron chi connectivity index (χ3n) is 2.76. The van der Waals surface area contributed by atoms with E-state index in [1.54, 1.807) is 12.1 Å². The van der Waals surface area contributed by atoms with E-state index in [1.807, 2.05) is 6.92 Å². The minimum absolute atomic E-state index is 0.153. The quantitative estimate of drug-likeness (QED) is 0.801. The number of carbonyl (C=O) groups excluding carboxylic acids is 1. The molecule has 2 N–H and O–H groups in total. The molecular weight excluding hydrogens is 207 g/mol. The Morgan fingerprint density at radius 2 is 2.38 bits per heavy atom. The summed E-state index contributed by atoms with van der Waals surface area (Å²) in [5.74, 6) is -0.536. The number of aryl methyl sites for hydroxylation is 1. The molecule has 0 radical (unpaired) electrons. The van der Waals surface area contributed by atoms with Gasteiger partial charge in [-0.1, -0.05) is 6.07 Å². The van der Waals surface area contributed by atoms with Gasteiger partial charge in [0.1, 0.15) is 5.82 Å². The fraction of sp³-hybridized carbons (Fsp3) is 0.417. The number of halogens is 1. The number of hydrogen-bond donors (Lipinski definition) is 2. The first-order valence-electron chi connectivity index (χ1n) is 5.47. The standard InChI is InChI=1S/C12H15FN2O/c1-8-4-5-10(9(13)7-8)15-12(16)11-3-2-6-14-11/h4-5,7,11,14H,2-3,6H2,1H3,(H,15,16). The predicted octanol–water partition coefficient (Wildman–Crippen LogP) is 1.82. The van der Waals surface area contributed by atoms with Gasteiger partial charge in [-0.15, -0.1) is 0 Å². The Balaban J connectivity index is 2.05. The van der Waals surface area contributed by atoms with Crippen molar-refractivity contribution in [3.8, 4) is 0 Å². The van der Waals surface area contributed by atoms with Crippen LogP contribution in [0, 0.1) is 12.7 Å². The normalized spacial score (nSPS) is 19.8. The third kappa shape index (κ3) is 2.39. The average molecular weight is 222 g/mol. The number of benzene rings is 1. The zero-order valence-corrected chi connectivity index (χ0v) is 9.22. The third-order valence-corrected chi connectivity index (χ3v) is 2.76. The fourth-order valence-electron chi connectivity index (χ4n) is 1.85. The molecule has 4 heteroatoms. The summed E-state index contributed by atoms with van der Waals surface area (Å²) in [4.78, 5) is 11.7. The summed E-state index contributed by atoms with van der Waals surface area (Å²) >= 11 is 0. The number of carbonyl (C=O) groups is 1. The molecule has 1 amide bonds. The molecule has 2 rings (SSSR count). The van der Waals surface area contributed by atoms with Crippen LogP contribution in [-0.2, 0) is 4.79 Å². The number of amides is 1. The van der Waals surface area contributed by atoms with Crippen molar-refractivity contribution in [2.75, 3.05) is 11.9 Å². The number of anilines is 1. The first kappa shape index (κ1) is 11.1. The van der Waals surface area contributed by atoms with Crippen molar-refractivity contribution in [2.24, 2.45) is 0 Å². The molecule has 16 heavy (non-hydrogen) atoms. The van der Waals surface area contributed by atoms with Gasteiger partial charge in [-0.25, -0.2) is 4.39 Å². The second-order valence-corrected chi connectivity index (χ2v) is 4.12. The van der Waals surface area contributed by atoms with Crippen molar-refractivity contribution in [3.63, 3.8) is 0 Å². The van der Waals surface area contributed by atoms with Crippen LogP contribution in [-0.4, -0.2) is 18.5 Å². The van der Waals surface area contributed by atoms with Crippen LogP contribution in [0.1, 0.15) is 18.4 Å². The highest BCUT2D eigenvalue weighted by Gasteiger charge is 2.22. The molecule has 1 saturated heterocycles. The second kappa shape index (κ2) is 4.61. The Hall–Kier alpha value is -1.42. The van der Waals surface area contributed by atoms with Gasteiger partial charge in [0, 0.05) is 0 Å². The van der Waals surface area contributed by atoms with E-state index in [2.05, 4.69) is 10.6 Å². The van der Waals surface area contributed by atoms with E-state index in [4.69, 9.17) is 0 Å². The summed E-state index contributed by atoms with van der Waals surface area (Å²) in [6.45, 7) is 2.67. The topological polar surface area (TPSA) is 41.1 Å². The zero-order chi connectivity index (χ0) is 11.5. The fourth-order valence-corrected chi connectivity index (χ4v) is 1.85. The van der Waals surface area contributed by atoms with Gasteiger partial charge in [0.2, 0.25) is 5.91 Å². The first-order chi connectivity index (χ1) is 7.66. The van der Waals surface area contributed by atoms with E-state index >= 15 is 0 Å². The minimum Gasteiger partial charge on any atom is -0.322 e. The monoisotopic (exact) mass is 222 g/mol. The molecule has 1 fully saturated rings. The van der Waals surface area contributed by atoms with Crippen molar-refractivity contribution >= 4 is 11.6 Å². The molecule has 0 aromatic heterocycles. The Morgan fingerprint density at radius 1 is 1.56 bits per heavy atom. The molecule has 0 spiro atoms. The molecule has 1 aromatic carbocycles. The maximum absolute atomic E-state index is 13.5. The van der Waals surface area contributed by atoms with Gasteiger partial charge >= 0.3 is 0 Å². The second-order valence-electron chi connectivity index (χ2n) is 4.12. The van der Waals surface area contributed by atoms with E-state index in [1.165, 1.54) is 6.07 Å². The van der Waals surface area contributed by atoms with Crippen LogP contribution in [0.3, 0.4) is 0 Å². The largest absolute Gasteiger partial charge is 0.322 e. The van der Waals surface area contributed by atoms with E-state index in [0.29, 0.717) is 0 Å². The van der Waals surface area contributed by atoms with E-state index < -0.39 is 0 Å². The molecule has 1 atom stereocenters. The smallest absolute Gasteiger partial charge is 0.241 e.